The van der Waals surface area contributed by atoms with Gasteiger partial charge in [0, 0.05) is 18.4 Å². The van der Waals surface area contributed by atoms with Crippen molar-refractivity contribution in [3.8, 4) is 17.4 Å². The number of methoxy groups -OCH3 is 1. The number of benzene rings is 2. The molecule has 0 aliphatic carbocycles. The number of hydrogen-bond acceptors (Lipinski definition) is 5. The minimum absolute atomic E-state index is 0.522. The second-order valence-electron chi connectivity index (χ2n) is 5.88. The van der Waals surface area contributed by atoms with Crippen LogP contribution in [0.25, 0.3) is 11.0 Å². The molecule has 0 spiro atoms. The van der Waals surface area contributed by atoms with Gasteiger partial charge in [-0.2, -0.15) is 0 Å². The number of hydrogen-bond donors (Lipinski definition) is 1. The highest BCUT2D eigenvalue weighted by molar-refractivity contribution is 5.81. The summed E-state index contributed by atoms with van der Waals surface area (Å²) in [5, 5.41) is 0.859. The molecule has 130 valence electrons. The van der Waals surface area contributed by atoms with Gasteiger partial charge in [-0.15, -0.1) is 0 Å². The summed E-state index contributed by atoms with van der Waals surface area (Å²) in [6.07, 6.45) is 3.50. The third-order valence-electron chi connectivity index (χ3n) is 4.13. The Morgan fingerprint density at radius 3 is 2.38 bits per heavy atom. The fourth-order valence-corrected chi connectivity index (χ4v) is 2.76. The third-order valence-corrected chi connectivity index (χ3v) is 4.13. The van der Waals surface area contributed by atoms with Crippen molar-refractivity contribution in [1.82, 2.24) is 14.5 Å². The van der Waals surface area contributed by atoms with Crippen molar-refractivity contribution in [1.29, 1.82) is 0 Å². The van der Waals surface area contributed by atoms with Gasteiger partial charge in [-0.25, -0.2) is 9.97 Å². The smallest absolute Gasteiger partial charge is 0.231 e. The SMILES string of the molecule is COc1ccc(Cn2ccc3c(Oc4ccc(N)cc4)ncnc32)cc1. The average molecular weight is 346 g/mol. The largest absolute Gasteiger partial charge is 0.497 e. The Bertz CT molecular complexity index is 1020. The lowest BCUT2D eigenvalue weighted by molar-refractivity contribution is 0.414. The maximum atomic E-state index is 5.90. The summed E-state index contributed by atoms with van der Waals surface area (Å²) in [4.78, 5) is 8.69. The molecule has 2 N–H and O–H groups in total. The first-order chi connectivity index (χ1) is 12.7. The van der Waals surface area contributed by atoms with Crippen LogP contribution in [0.1, 0.15) is 5.56 Å². The van der Waals surface area contributed by atoms with Crippen LogP contribution in [0.5, 0.6) is 17.4 Å². The summed E-state index contributed by atoms with van der Waals surface area (Å²) in [5.74, 6) is 2.04. The van der Waals surface area contributed by atoms with E-state index in [9.17, 15) is 0 Å². The first-order valence-corrected chi connectivity index (χ1v) is 8.19. The van der Waals surface area contributed by atoms with Crippen LogP contribution in [0.3, 0.4) is 0 Å². The van der Waals surface area contributed by atoms with Gasteiger partial charge in [-0.1, -0.05) is 12.1 Å². The van der Waals surface area contributed by atoms with Crippen LogP contribution in [0, 0.1) is 0 Å². The van der Waals surface area contributed by atoms with Crippen molar-refractivity contribution >= 4 is 16.7 Å². The van der Waals surface area contributed by atoms with Gasteiger partial charge in [0.05, 0.1) is 12.5 Å². The van der Waals surface area contributed by atoms with Gasteiger partial charge in [0.1, 0.15) is 23.5 Å². The van der Waals surface area contributed by atoms with Gasteiger partial charge in [-0.05, 0) is 48.0 Å². The van der Waals surface area contributed by atoms with Crippen LogP contribution in [0.15, 0.2) is 67.1 Å². The molecule has 0 radical (unpaired) electrons. The van der Waals surface area contributed by atoms with Gasteiger partial charge in [0.25, 0.3) is 0 Å². The number of nitrogens with two attached hydrogens (primary N) is 1. The maximum Gasteiger partial charge on any atom is 0.231 e. The molecule has 0 saturated heterocycles. The van der Waals surface area contributed by atoms with Crippen LogP contribution in [-0.4, -0.2) is 21.6 Å². The van der Waals surface area contributed by atoms with Crippen molar-refractivity contribution < 1.29 is 9.47 Å². The predicted molar refractivity (Wildman–Crippen MR) is 101 cm³/mol. The van der Waals surface area contributed by atoms with Crippen LogP contribution in [0.2, 0.25) is 0 Å². The highest BCUT2D eigenvalue weighted by Gasteiger charge is 2.11. The molecular weight excluding hydrogens is 328 g/mol. The minimum Gasteiger partial charge on any atom is -0.497 e. The normalized spacial score (nSPS) is 10.8. The van der Waals surface area contributed by atoms with E-state index in [1.807, 2.05) is 48.7 Å². The quantitative estimate of drug-likeness (QED) is 0.555. The Kier molecular flexibility index (Phi) is 4.15. The predicted octanol–water partition coefficient (Wildman–Crippen LogP) is 3.86. The monoisotopic (exact) mass is 346 g/mol. The standard InChI is InChI=1S/C20H18N4O2/c1-25-16-6-2-14(3-7-16)12-24-11-10-18-19(24)22-13-23-20(18)26-17-8-4-15(21)5-9-17/h2-11,13H,12,21H2,1H3. The van der Waals surface area contributed by atoms with E-state index in [1.54, 1.807) is 19.2 Å². The zero-order chi connectivity index (χ0) is 17.9. The topological polar surface area (TPSA) is 75.2 Å². The minimum atomic E-state index is 0.522. The lowest BCUT2D eigenvalue weighted by Gasteiger charge is -2.08. The molecule has 0 bridgehead atoms. The van der Waals surface area contributed by atoms with E-state index in [2.05, 4.69) is 14.5 Å². The average Bonchev–Trinajstić information content (AvgIpc) is 3.08. The summed E-state index contributed by atoms with van der Waals surface area (Å²) >= 11 is 0. The van der Waals surface area contributed by atoms with Gasteiger partial charge in [0.2, 0.25) is 5.88 Å². The Hall–Kier alpha value is -3.54. The van der Waals surface area contributed by atoms with Gasteiger partial charge < -0.3 is 19.8 Å². The number of fused-ring (bicyclic) bond motifs is 1. The number of aromatic nitrogens is 3. The Morgan fingerprint density at radius 1 is 0.923 bits per heavy atom. The molecule has 0 unspecified atom stereocenters. The molecule has 6 nitrogen and oxygen atoms in total. The fraction of sp³-hybridized carbons (Fsp3) is 0.100. The molecule has 4 rings (SSSR count). The van der Waals surface area contributed by atoms with E-state index in [1.165, 1.54) is 6.33 Å². The number of nitrogen functional groups attached to an aromatic ring is 1. The van der Waals surface area contributed by atoms with E-state index in [0.29, 0.717) is 23.9 Å². The molecule has 2 aromatic heterocycles. The second kappa shape index (κ2) is 6.76. The van der Waals surface area contributed by atoms with Gasteiger partial charge >= 0.3 is 0 Å². The van der Waals surface area contributed by atoms with Crippen LogP contribution >= 0.6 is 0 Å². The highest BCUT2D eigenvalue weighted by atomic mass is 16.5. The summed E-state index contributed by atoms with van der Waals surface area (Å²) in [5.41, 5.74) is 8.38. The number of anilines is 1. The van der Waals surface area contributed by atoms with Crippen molar-refractivity contribution in [2.75, 3.05) is 12.8 Å². The molecular formula is C20H18N4O2. The van der Waals surface area contributed by atoms with Crippen LogP contribution < -0.4 is 15.2 Å². The van der Waals surface area contributed by atoms with Crippen LogP contribution in [0.4, 0.5) is 5.69 Å². The molecule has 0 amide bonds. The van der Waals surface area contributed by atoms with Crippen molar-refractivity contribution in [2.45, 2.75) is 6.54 Å². The molecule has 0 fully saturated rings. The second-order valence-corrected chi connectivity index (χ2v) is 5.88. The summed E-state index contributed by atoms with van der Waals surface area (Å²) < 4.78 is 13.2. The Morgan fingerprint density at radius 2 is 1.65 bits per heavy atom. The Balaban J connectivity index is 1.62. The first-order valence-electron chi connectivity index (χ1n) is 8.19. The Labute approximate surface area is 150 Å². The zero-order valence-corrected chi connectivity index (χ0v) is 14.3. The van der Waals surface area contributed by atoms with Crippen molar-refractivity contribution in [2.24, 2.45) is 0 Å². The van der Waals surface area contributed by atoms with E-state index in [4.69, 9.17) is 15.2 Å². The molecule has 0 atom stereocenters. The van der Waals surface area contributed by atoms with E-state index >= 15 is 0 Å². The molecule has 6 heteroatoms. The highest BCUT2D eigenvalue weighted by Crippen LogP contribution is 2.28. The van der Waals surface area contributed by atoms with E-state index in [-0.39, 0.29) is 0 Å². The molecule has 26 heavy (non-hydrogen) atoms. The summed E-state index contributed by atoms with van der Waals surface area (Å²) in [7, 11) is 1.66. The van der Waals surface area contributed by atoms with Gasteiger partial charge in [0.15, 0.2) is 0 Å². The molecule has 4 aromatic rings. The molecule has 0 saturated carbocycles. The number of ether oxygens (including phenoxy) is 2. The number of rotatable bonds is 5. The van der Waals surface area contributed by atoms with Crippen molar-refractivity contribution in [3.05, 3.63) is 72.7 Å². The molecule has 0 aliphatic rings. The van der Waals surface area contributed by atoms with Crippen molar-refractivity contribution in [3.63, 3.8) is 0 Å². The molecule has 0 aliphatic heterocycles. The summed E-state index contributed by atoms with van der Waals surface area (Å²) in [6.45, 7) is 0.700. The fourth-order valence-electron chi connectivity index (χ4n) is 2.76. The number of nitrogens with zero attached hydrogens (tertiary/aromatic N) is 3. The first kappa shape index (κ1) is 16.0. The molecule has 2 heterocycles. The van der Waals surface area contributed by atoms with Crippen LogP contribution in [-0.2, 0) is 6.54 Å². The van der Waals surface area contributed by atoms with E-state index in [0.717, 1.165) is 22.3 Å². The third kappa shape index (κ3) is 3.17. The lowest BCUT2D eigenvalue weighted by Crippen LogP contribution is -2.00. The molecule has 2 aromatic carbocycles. The van der Waals surface area contributed by atoms with Gasteiger partial charge in [-0.3, -0.25) is 0 Å². The maximum absolute atomic E-state index is 5.90. The zero-order valence-electron chi connectivity index (χ0n) is 14.3. The summed E-state index contributed by atoms with van der Waals surface area (Å²) in [6, 6.07) is 17.2. The lowest BCUT2D eigenvalue weighted by atomic mass is 10.2. The van der Waals surface area contributed by atoms with E-state index < -0.39 is 0 Å².